The van der Waals surface area contributed by atoms with Gasteiger partial charge in [0.2, 0.25) is 0 Å². The van der Waals surface area contributed by atoms with E-state index in [1.54, 1.807) is 12.1 Å². The summed E-state index contributed by atoms with van der Waals surface area (Å²) in [6.45, 7) is 2.57. The predicted molar refractivity (Wildman–Crippen MR) is 102 cm³/mol. The average molecular weight is 350 g/mol. The highest BCUT2D eigenvalue weighted by atomic mass is 35.5. The van der Waals surface area contributed by atoms with Gasteiger partial charge in [-0.15, -0.1) is 0 Å². The van der Waals surface area contributed by atoms with Crippen LogP contribution in [0.2, 0.25) is 5.02 Å². The van der Waals surface area contributed by atoms with Crippen LogP contribution in [0.25, 0.3) is 21.8 Å². The van der Waals surface area contributed by atoms with Gasteiger partial charge in [-0.1, -0.05) is 60.1 Å². The molecule has 0 aliphatic rings. The molecule has 0 unspecified atom stereocenters. The van der Waals surface area contributed by atoms with E-state index in [9.17, 15) is 9.90 Å². The van der Waals surface area contributed by atoms with Gasteiger partial charge in [0.1, 0.15) is 0 Å². The summed E-state index contributed by atoms with van der Waals surface area (Å²) in [6.07, 6.45) is 0. The standard InChI is InChI=1S/C21H16ClNO2/c1-13-18(22)11-10-16-15-8-5-9-17(21(24)25)20(15)23(19(13)16)12-14-6-3-2-4-7-14/h2-11H,12H2,1H3,(H,24,25). The summed E-state index contributed by atoms with van der Waals surface area (Å²) in [5.41, 5.74) is 4.10. The Morgan fingerprint density at radius 1 is 0.960 bits per heavy atom. The van der Waals surface area contributed by atoms with Crippen molar-refractivity contribution in [2.45, 2.75) is 13.5 Å². The number of hydrogen-bond acceptors (Lipinski definition) is 1. The van der Waals surface area contributed by atoms with E-state index in [1.807, 2.05) is 55.5 Å². The van der Waals surface area contributed by atoms with Crippen LogP contribution < -0.4 is 0 Å². The van der Waals surface area contributed by atoms with E-state index < -0.39 is 5.97 Å². The Balaban J connectivity index is 2.15. The fraction of sp³-hybridized carbons (Fsp3) is 0.0952. The molecule has 124 valence electrons. The third-order valence-corrected chi connectivity index (χ3v) is 5.05. The average Bonchev–Trinajstić information content (AvgIpc) is 2.93. The van der Waals surface area contributed by atoms with Gasteiger partial charge >= 0.3 is 5.97 Å². The van der Waals surface area contributed by atoms with Crippen molar-refractivity contribution >= 4 is 39.4 Å². The maximum atomic E-state index is 11.8. The molecule has 25 heavy (non-hydrogen) atoms. The molecule has 4 heteroatoms. The van der Waals surface area contributed by atoms with Crippen LogP contribution in [-0.2, 0) is 6.54 Å². The van der Waals surface area contributed by atoms with E-state index in [2.05, 4.69) is 4.57 Å². The van der Waals surface area contributed by atoms with Crippen molar-refractivity contribution < 1.29 is 9.90 Å². The van der Waals surface area contributed by atoms with Crippen molar-refractivity contribution in [1.29, 1.82) is 0 Å². The number of aromatic carboxylic acids is 1. The zero-order chi connectivity index (χ0) is 17.6. The molecule has 0 aliphatic carbocycles. The van der Waals surface area contributed by atoms with Crippen molar-refractivity contribution in [3.8, 4) is 0 Å². The number of benzene rings is 3. The quantitative estimate of drug-likeness (QED) is 0.530. The first-order chi connectivity index (χ1) is 12.1. The molecule has 0 bridgehead atoms. The van der Waals surface area contributed by atoms with E-state index in [1.165, 1.54) is 0 Å². The van der Waals surface area contributed by atoms with Crippen LogP contribution in [0.1, 0.15) is 21.5 Å². The number of aryl methyl sites for hydroxylation is 1. The minimum Gasteiger partial charge on any atom is -0.478 e. The molecular formula is C21H16ClNO2. The van der Waals surface area contributed by atoms with Crippen molar-refractivity contribution in [3.63, 3.8) is 0 Å². The van der Waals surface area contributed by atoms with Crippen LogP contribution in [0.4, 0.5) is 0 Å². The lowest BCUT2D eigenvalue weighted by atomic mass is 10.1. The van der Waals surface area contributed by atoms with Gasteiger partial charge in [-0.3, -0.25) is 0 Å². The lowest BCUT2D eigenvalue weighted by Gasteiger charge is -2.11. The Hall–Kier alpha value is -2.78. The second-order valence-electron chi connectivity index (χ2n) is 6.15. The fourth-order valence-corrected chi connectivity index (χ4v) is 3.65. The molecule has 0 spiro atoms. The smallest absolute Gasteiger partial charge is 0.337 e. The zero-order valence-corrected chi connectivity index (χ0v) is 14.4. The Kier molecular flexibility index (Phi) is 3.74. The van der Waals surface area contributed by atoms with Gasteiger partial charge in [-0.05, 0) is 30.2 Å². The minimum absolute atomic E-state index is 0.306. The van der Waals surface area contributed by atoms with Crippen LogP contribution in [0.5, 0.6) is 0 Å². The predicted octanol–water partition coefficient (Wildman–Crippen LogP) is 5.50. The number of rotatable bonds is 3. The molecule has 0 saturated heterocycles. The Morgan fingerprint density at radius 3 is 2.40 bits per heavy atom. The second-order valence-corrected chi connectivity index (χ2v) is 6.55. The number of aromatic nitrogens is 1. The van der Waals surface area contributed by atoms with Crippen molar-refractivity contribution in [3.05, 3.63) is 82.4 Å². The first-order valence-electron chi connectivity index (χ1n) is 8.05. The zero-order valence-electron chi connectivity index (χ0n) is 13.7. The minimum atomic E-state index is -0.925. The molecule has 1 heterocycles. The van der Waals surface area contributed by atoms with Gasteiger partial charge in [0.05, 0.1) is 16.6 Å². The van der Waals surface area contributed by atoms with Crippen molar-refractivity contribution in [2.75, 3.05) is 0 Å². The molecule has 3 aromatic carbocycles. The molecule has 3 nitrogen and oxygen atoms in total. The summed E-state index contributed by atoms with van der Waals surface area (Å²) in [7, 11) is 0. The van der Waals surface area contributed by atoms with Crippen LogP contribution in [0.3, 0.4) is 0 Å². The maximum Gasteiger partial charge on any atom is 0.337 e. The van der Waals surface area contributed by atoms with Gasteiger partial charge < -0.3 is 9.67 Å². The number of hydrogen-bond donors (Lipinski definition) is 1. The molecule has 0 fully saturated rings. The third kappa shape index (κ3) is 2.48. The SMILES string of the molecule is Cc1c(Cl)ccc2c3cccc(C(=O)O)c3n(Cc3ccccc3)c12. The van der Waals surface area contributed by atoms with Crippen molar-refractivity contribution in [2.24, 2.45) is 0 Å². The van der Waals surface area contributed by atoms with E-state index in [0.717, 1.165) is 32.9 Å². The van der Waals surface area contributed by atoms with Crippen LogP contribution in [-0.4, -0.2) is 15.6 Å². The molecule has 1 aromatic heterocycles. The highest BCUT2D eigenvalue weighted by Gasteiger charge is 2.19. The highest BCUT2D eigenvalue weighted by Crippen LogP contribution is 2.36. The van der Waals surface area contributed by atoms with Gasteiger partial charge in [0.25, 0.3) is 0 Å². The van der Waals surface area contributed by atoms with Crippen molar-refractivity contribution in [1.82, 2.24) is 4.57 Å². The lowest BCUT2D eigenvalue weighted by Crippen LogP contribution is -2.05. The summed E-state index contributed by atoms with van der Waals surface area (Å²) < 4.78 is 2.07. The van der Waals surface area contributed by atoms with Gasteiger partial charge in [0, 0.05) is 22.3 Å². The number of carboxylic acids is 1. The van der Waals surface area contributed by atoms with Crippen LogP contribution in [0.15, 0.2) is 60.7 Å². The maximum absolute atomic E-state index is 11.8. The van der Waals surface area contributed by atoms with Gasteiger partial charge in [0.15, 0.2) is 0 Å². The van der Waals surface area contributed by atoms with Gasteiger partial charge in [-0.25, -0.2) is 4.79 Å². The summed E-state index contributed by atoms with van der Waals surface area (Å²) in [4.78, 5) is 11.8. The number of nitrogens with zero attached hydrogens (tertiary/aromatic N) is 1. The molecule has 4 aromatic rings. The first kappa shape index (κ1) is 15.7. The van der Waals surface area contributed by atoms with E-state index in [-0.39, 0.29) is 0 Å². The molecule has 1 N–H and O–H groups in total. The van der Waals surface area contributed by atoms with E-state index >= 15 is 0 Å². The second kappa shape index (κ2) is 5.94. The highest BCUT2D eigenvalue weighted by molar-refractivity contribution is 6.32. The Labute approximate surface area is 150 Å². The molecule has 0 amide bonds. The Morgan fingerprint density at radius 2 is 1.68 bits per heavy atom. The monoisotopic (exact) mass is 349 g/mol. The van der Waals surface area contributed by atoms with E-state index in [0.29, 0.717) is 17.1 Å². The summed E-state index contributed by atoms with van der Waals surface area (Å²) in [5, 5.41) is 12.3. The summed E-state index contributed by atoms with van der Waals surface area (Å²) in [6, 6.07) is 19.3. The largest absolute Gasteiger partial charge is 0.478 e. The number of para-hydroxylation sites is 1. The molecular weight excluding hydrogens is 334 g/mol. The number of fused-ring (bicyclic) bond motifs is 3. The lowest BCUT2D eigenvalue weighted by molar-refractivity contribution is 0.0698. The van der Waals surface area contributed by atoms with E-state index in [4.69, 9.17) is 11.6 Å². The van der Waals surface area contributed by atoms with Crippen LogP contribution in [0, 0.1) is 6.92 Å². The molecule has 4 rings (SSSR count). The van der Waals surface area contributed by atoms with Gasteiger partial charge in [-0.2, -0.15) is 0 Å². The summed E-state index contributed by atoms with van der Waals surface area (Å²) >= 11 is 6.36. The number of halogens is 1. The summed E-state index contributed by atoms with van der Waals surface area (Å²) in [5.74, 6) is -0.925. The third-order valence-electron chi connectivity index (χ3n) is 4.64. The topological polar surface area (TPSA) is 42.2 Å². The molecule has 0 atom stereocenters. The number of carboxylic acid groups (broad SMARTS) is 1. The fourth-order valence-electron chi connectivity index (χ4n) is 3.50. The first-order valence-corrected chi connectivity index (χ1v) is 8.43. The van der Waals surface area contributed by atoms with Crippen LogP contribution >= 0.6 is 11.6 Å². The molecule has 0 saturated carbocycles. The molecule has 0 aliphatic heterocycles. The molecule has 0 radical (unpaired) electrons. The number of carbonyl (C=O) groups is 1. The normalized spacial score (nSPS) is 11.3. The Bertz CT molecular complexity index is 1110.